The third-order valence-corrected chi connectivity index (χ3v) is 17.8. The second kappa shape index (κ2) is 17.4. The Morgan fingerprint density at radius 1 is 0.576 bits per heavy atom. The maximum Gasteiger partial charge on any atom is 0.274 e. The SMILES string of the molecule is O=C(CN(c1cc(Cl)c(Cl)cc1NS(=O)(=O)c1ccc(F)cc1)S(=O)(=O)c1cccs1)Nc1cccc(S(=O)(=O)Nc2cc(Cl)c(Cl)cc2NS(=O)(=O)c2cccs2)c1. The largest absolute Gasteiger partial charge is 0.324 e. The highest BCUT2D eigenvalue weighted by Gasteiger charge is 2.32. The predicted octanol–water partition coefficient (Wildman–Crippen LogP) is 8.80. The quantitative estimate of drug-likeness (QED) is 0.0775. The van der Waals surface area contributed by atoms with Crippen LogP contribution >= 0.6 is 69.1 Å². The summed E-state index contributed by atoms with van der Waals surface area (Å²) in [5.74, 6) is -1.74. The molecule has 310 valence electrons. The van der Waals surface area contributed by atoms with Gasteiger partial charge in [-0.05, 0) is 89.6 Å². The zero-order valence-electron chi connectivity index (χ0n) is 29.1. The van der Waals surface area contributed by atoms with E-state index in [0.717, 1.165) is 83.3 Å². The second-order valence-corrected chi connectivity index (χ2v) is 22.7. The first kappa shape index (κ1) is 44.4. The van der Waals surface area contributed by atoms with E-state index in [1.54, 1.807) is 0 Å². The van der Waals surface area contributed by atoms with Gasteiger partial charge in [0.2, 0.25) is 5.91 Å². The number of halogens is 5. The van der Waals surface area contributed by atoms with Crippen molar-refractivity contribution in [3.8, 4) is 0 Å². The van der Waals surface area contributed by atoms with Gasteiger partial charge in [0, 0.05) is 5.69 Å². The van der Waals surface area contributed by atoms with Crippen LogP contribution in [0.25, 0.3) is 0 Å². The van der Waals surface area contributed by atoms with Crippen LogP contribution in [0.2, 0.25) is 20.1 Å². The highest BCUT2D eigenvalue weighted by atomic mass is 35.5. The van der Waals surface area contributed by atoms with Crippen LogP contribution in [-0.2, 0) is 44.9 Å². The summed E-state index contributed by atoms with van der Waals surface area (Å²) in [7, 11) is -17.9. The number of amides is 1. The molecule has 0 bridgehead atoms. The van der Waals surface area contributed by atoms with Crippen LogP contribution in [0.1, 0.15) is 0 Å². The van der Waals surface area contributed by atoms with Crippen LogP contribution in [0.3, 0.4) is 0 Å². The smallest absolute Gasteiger partial charge is 0.274 e. The topological polar surface area (TPSA) is 205 Å². The Labute approximate surface area is 365 Å². The highest BCUT2D eigenvalue weighted by molar-refractivity contribution is 7.95. The Hall–Kier alpha value is -4.16. The minimum atomic E-state index is -4.65. The molecule has 0 saturated heterocycles. The van der Waals surface area contributed by atoms with Crippen molar-refractivity contribution in [3.63, 3.8) is 0 Å². The number of anilines is 5. The number of thiophene rings is 2. The standard InChI is InChI=1S/C34H24Cl4FN5O9S6/c35-24-15-28(29(16-25(24)36)42-58(50,51)33-6-2-12-54-33)41-57(48,49)23-5-1-4-21(14-23)40-32(45)19-44(59(52,53)34-7-3-13-55-34)31-18-27(38)26(37)17-30(31)43-56(46,47)22-10-8-20(39)9-11-22/h1-18,41-43H,19H2,(H,40,45). The van der Waals surface area contributed by atoms with Gasteiger partial charge in [0.1, 0.15) is 20.8 Å². The molecule has 0 aliphatic heterocycles. The van der Waals surface area contributed by atoms with Crippen molar-refractivity contribution in [2.45, 2.75) is 18.2 Å². The fourth-order valence-electron chi connectivity index (χ4n) is 5.06. The van der Waals surface area contributed by atoms with Crippen molar-refractivity contribution < 1.29 is 42.9 Å². The molecule has 0 spiro atoms. The molecule has 14 nitrogen and oxygen atoms in total. The summed E-state index contributed by atoms with van der Waals surface area (Å²) < 4.78 is 129. The molecule has 6 aromatic rings. The van der Waals surface area contributed by atoms with E-state index < -0.39 is 74.6 Å². The molecule has 59 heavy (non-hydrogen) atoms. The van der Waals surface area contributed by atoms with Gasteiger partial charge >= 0.3 is 0 Å². The monoisotopic (exact) mass is 997 g/mol. The number of carbonyl (C=O) groups excluding carboxylic acids is 1. The number of nitrogens with zero attached hydrogens (tertiary/aromatic N) is 1. The van der Waals surface area contributed by atoms with Crippen molar-refractivity contribution in [3.05, 3.63) is 134 Å². The minimum Gasteiger partial charge on any atom is -0.324 e. The van der Waals surface area contributed by atoms with E-state index in [1.165, 1.54) is 47.2 Å². The fourth-order valence-corrected chi connectivity index (χ4v) is 12.5. The Balaban J connectivity index is 1.31. The number of carbonyl (C=O) groups is 1. The summed E-state index contributed by atoms with van der Waals surface area (Å²) >= 11 is 26.5. The lowest BCUT2D eigenvalue weighted by atomic mass is 10.2. The van der Waals surface area contributed by atoms with Crippen LogP contribution in [-0.4, -0.2) is 46.1 Å². The first-order valence-electron chi connectivity index (χ1n) is 16.0. The minimum absolute atomic E-state index is 0.0655. The van der Waals surface area contributed by atoms with E-state index in [0.29, 0.717) is 4.31 Å². The van der Waals surface area contributed by atoms with Gasteiger partial charge in [0.05, 0.1) is 52.6 Å². The van der Waals surface area contributed by atoms with E-state index in [-0.39, 0.29) is 50.5 Å². The molecular weight excluding hydrogens is 976 g/mol. The molecular formula is C34H24Cl4FN5O9S6. The third-order valence-electron chi connectivity index (χ3n) is 7.74. The lowest BCUT2D eigenvalue weighted by Gasteiger charge is -2.26. The molecule has 0 aliphatic rings. The van der Waals surface area contributed by atoms with Gasteiger partial charge in [0.15, 0.2) is 0 Å². The molecule has 2 aromatic heterocycles. The van der Waals surface area contributed by atoms with Crippen molar-refractivity contribution in [2.75, 3.05) is 30.3 Å². The maximum absolute atomic E-state index is 14.1. The molecule has 6 rings (SSSR count). The summed E-state index contributed by atoms with van der Waals surface area (Å²) in [6, 6.07) is 18.3. The Bertz CT molecular complexity index is 3020. The predicted molar refractivity (Wildman–Crippen MR) is 230 cm³/mol. The van der Waals surface area contributed by atoms with Crippen molar-refractivity contribution >= 4 is 144 Å². The summed E-state index contributed by atoms with van der Waals surface area (Å²) in [5.41, 5.74) is -1.53. The van der Waals surface area contributed by atoms with Crippen molar-refractivity contribution in [1.82, 2.24) is 0 Å². The van der Waals surface area contributed by atoms with Crippen molar-refractivity contribution in [1.29, 1.82) is 0 Å². The van der Waals surface area contributed by atoms with E-state index in [1.807, 2.05) is 0 Å². The molecule has 1 amide bonds. The van der Waals surface area contributed by atoms with E-state index >= 15 is 0 Å². The van der Waals surface area contributed by atoms with E-state index in [9.17, 15) is 42.9 Å². The molecule has 0 fully saturated rings. The lowest BCUT2D eigenvalue weighted by molar-refractivity contribution is -0.114. The molecule has 0 atom stereocenters. The number of sulfonamides is 4. The van der Waals surface area contributed by atoms with Crippen LogP contribution < -0.4 is 23.8 Å². The van der Waals surface area contributed by atoms with Crippen molar-refractivity contribution in [2.24, 2.45) is 0 Å². The van der Waals surface area contributed by atoms with Gasteiger partial charge in [-0.15, -0.1) is 22.7 Å². The molecule has 2 heterocycles. The van der Waals surface area contributed by atoms with Gasteiger partial charge < -0.3 is 5.32 Å². The fraction of sp³-hybridized carbons (Fsp3) is 0.0294. The molecule has 0 saturated carbocycles. The summed E-state index contributed by atoms with van der Waals surface area (Å²) in [6.45, 7) is -1.02. The Morgan fingerprint density at radius 3 is 1.66 bits per heavy atom. The normalized spacial score (nSPS) is 12.2. The van der Waals surface area contributed by atoms with Gasteiger partial charge in [-0.1, -0.05) is 64.6 Å². The Kier molecular flexibility index (Phi) is 13.1. The van der Waals surface area contributed by atoms with E-state index in [4.69, 9.17) is 46.4 Å². The average molecular weight is 1000 g/mol. The van der Waals surface area contributed by atoms with Gasteiger partial charge in [-0.25, -0.2) is 38.1 Å². The van der Waals surface area contributed by atoms with Gasteiger partial charge in [-0.2, -0.15) is 0 Å². The Morgan fingerprint density at radius 2 is 1.08 bits per heavy atom. The van der Waals surface area contributed by atoms with Crippen LogP contribution in [0.5, 0.6) is 0 Å². The molecule has 4 N–H and O–H groups in total. The summed E-state index contributed by atoms with van der Waals surface area (Å²) in [6.07, 6.45) is 0. The first-order valence-corrected chi connectivity index (χ1v) is 25.1. The molecule has 25 heteroatoms. The lowest BCUT2D eigenvalue weighted by Crippen LogP contribution is -2.38. The van der Waals surface area contributed by atoms with Crippen LogP contribution in [0.4, 0.5) is 32.8 Å². The molecule has 4 aromatic carbocycles. The van der Waals surface area contributed by atoms with E-state index in [2.05, 4.69) is 19.5 Å². The number of rotatable bonds is 15. The second-order valence-electron chi connectivity index (χ2n) is 11.8. The highest BCUT2D eigenvalue weighted by Crippen LogP contribution is 2.40. The average Bonchev–Trinajstić information content (AvgIpc) is 3.91. The van der Waals surface area contributed by atoms with Crippen LogP contribution in [0, 0.1) is 5.82 Å². The molecule has 0 aliphatic carbocycles. The van der Waals surface area contributed by atoms with Crippen LogP contribution in [0.15, 0.2) is 126 Å². The first-order chi connectivity index (χ1) is 27.7. The summed E-state index contributed by atoms with van der Waals surface area (Å²) in [4.78, 5) is 12.9. The zero-order chi connectivity index (χ0) is 42.9. The molecule has 0 unspecified atom stereocenters. The maximum atomic E-state index is 14.1. The number of benzene rings is 4. The molecule has 0 radical (unpaired) electrons. The number of hydrogen-bond donors (Lipinski definition) is 4. The van der Waals surface area contributed by atoms with Gasteiger partial charge in [-0.3, -0.25) is 23.3 Å². The number of nitrogens with one attached hydrogen (secondary N) is 4. The van der Waals surface area contributed by atoms with Gasteiger partial charge in [0.25, 0.3) is 40.1 Å². The summed E-state index contributed by atoms with van der Waals surface area (Å²) in [5, 5.41) is 4.83. The third kappa shape index (κ3) is 10.2. The number of hydrogen-bond acceptors (Lipinski definition) is 11. The zero-order valence-corrected chi connectivity index (χ0v) is 37.0.